The summed E-state index contributed by atoms with van der Waals surface area (Å²) < 4.78 is 5.15. The number of piperazine rings is 1. The fourth-order valence-corrected chi connectivity index (χ4v) is 2.87. The zero-order chi connectivity index (χ0) is 13.9. The van der Waals surface area contributed by atoms with Gasteiger partial charge < -0.3 is 10.1 Å². The highest BCUT2D eigenvalue weighted by molar-refractivity contribution is 5.22. The maximum absolute atomic E-state index is 5.15. The lowest BCUT2D eigenvalue weighted by Crippen LogP contribution is -2.48. The van der Waals surface area contributed by atoms with Crippen LogP contribution < -0.4 is 10.1 Å². The molecule has 0 saturated carbocycles. The quantitative estimate of drug-likeness (QED) is 0.906. The lowest BCUT2D eigenvalue weighted by molar-refractivity contribution is 0.0859. The van der Waals surface area contributed by atoms with Crippen LogP contribution in [-0.4, -0.2) is 43.2 Å². The van der Waals surface area contributed by atoms with Gasteiger partial charge in [0.05, 0.1) is 7.11 Å². The molecule has 19 heavy (non-hydrogen) atoms. The Hall–Kier alpha value is -1.13. The van der Waals surface area contributed by atoms with E-state index in [2.05, 4.69) is 42.0 Å². The summed E-state index contributed by atoms with van der Waals surface area (Å²) >= 11 is 0. The number of nitrogens with one attached hydrogen (secondary N) is 1. The molecule has 1 saturated heterocycles. The zero-order valence-corrected chi connectivity index (χ0v) is 12.4. The molecule has 0 aliphatic carbocycles. The van der Waals surface area contributed by atoms with Crippen LogP contribution in [0.15, 0.2) is 18.3 Å². The lowest BCUT2D eigenvalue weighted by atomic mass is 9.81. The summed E-state index contributed by atoms with van der Waals surface area (Å²) in [5.41, 5.74) is 1.46. The number of pyridine rings is 1. The van der Waals surface area contributed by atoms with Crippen LogP contribution in [0.5, 0.6) is 5.88 Å². The first-order valence-electron chi connectivity index (χ1n) is 6.97. The first kappa shape index (κ1) is 14.3. The van der Waals surface area contributed by atoms with Crippen LogP contribution in [0.3, 0.4) is 0 Å². The summed E-state index contributed by atoms with van der Waals surface area (Å²) in [4.78, 5) is 6.92. The van der Waals surface area contributed by atoms with Gasteiger partial charge in [-0.05, 0) is 11.0 Å². The fraction of sp³-hybridized carbons (Fsp3) is 0.667. The van der Waals surface area contributed by atoms with Crippen molar-refractivity contribution < 1.29 is 4.74 Å². The number of rotatable bonds is 3. The molecule has 106 valence electrons. The van der Waals surface area contributed by atoms with Gasteiger partial charge in [0.2, 0.25) is 5.88 Å². The van der Waals surface area contributed by atoms with E-state index in [0.717, 1.165) is 26.2 Å². The number of hydrogen-bond donors (Lipinski definition) is 1. The van der Waals surface area contributed by atoms with Gasteiger partial charge in [0.25, 0.3) is 0 Å². The Morgan fingerprint density at radius 3 is 2.42 bits per heavy atom. The van der Waals surface area contributed by atoms with Gasteiger partial charge in [0.1, 0.15) is 0 Å². The minimum Gasteiger partial charge on any atom is -0.481 e. The average Bonchev–Trinajstić information content (AvgIpc) is 2.39. The number of methoxy groups -OCH3 is 1. The monoisotopic (exact) mass is 263 g/mol. The Labute approximate surface area is 116 Å². The maximum atomic E-state index is 5.15. The van der Waals surface area contributed by atoms with Crippen molar-refractivity contribution in [2.45, 2.75) is 26.8 Å². The normalized spacial score (nSPS) is 19.2. The Kier molecular flexibility index (Phi) is 4.42. The summed E-state index contributed by atoms with van der Waals surface area (Å²) in [6.45, 7) is 11.2. The zero-order valence-electron chi connectivity index (χ0n) is 12.4. The molecule has 0 amide bonds. The second-order valence-corrected chi connectivity index (χ2v) is 6.19. The van der Waals surface area contributed by atoms with Crippen molar-refractivity contribution in [3.05, 3.63) is 23.9 Å². The summed E-state index contributed by atoms with van der Waals surface area (Å²) in [7, 11) is 1.65. The van der Waals surface area contributed by atoms with Gasteiger partial charge in [-0.15, -0.1) is 0 Å². The third kappa shape index (κ3) is 3.45. The molecule has 2 rings (SSSR count). The Morgan fingerprint density at radius 2 is 1.95 bits per heavy atom. The molecule has 0 spiro atoms. The highest BCUT2D eigenvalue weighted by Crippen LogP contribution is 2.38. The van der Waals surface area contributed by atoms with Gasteiger partial charge in [-0.2, -0.15) is 0 Å². The fourth-order valence-electron chi connectivity index (χ4n) is 2.87. The summed E-state index contributed by atoms with van der Waals surface area (Å²) in [5.74, 6) is 0.678. The van der Waals surface area contributed by atoms with Crippen molar-refractivity contribution in [2.24, 2.45) is 5.41 Å². The summed E-state index contributed by atoms with van der Waals surface area (Å²) in [6, 6.07) is 4.49. The first-order chi connectivity index (χ1) is 9.02. The van der Waals surface area contributed by atoms with Crippen molar-refractivity contribution in [1.29, 1.82) is 0 Å². The second-order valence-electron chi connectivity index (χ2n) is 6.19. The highest BCUT2D eigenvalue weighted by atomic mass is 16.5. The molecular weight excluding hydrogens is 238 g/mol. The number of aromatic nitrogens is 1. The van der Waals surface area contributed by atoms with E-state index in [4.69, 9.17) is 4.74 Å². The molecule has 0 aromatic carbocycles. The third-order valence-electron chi connectivity index (χ3n) is 3.62. The van der Waals surface area contributed by atoms with Crippen LogP contribution in [-0.2, 0) is 0 Å². The van der Waals surface area contributed by atoms with E-state index in [0.29, 0.717) is 11.9 Å². The third-order valence-corrected chi connectivity index (χ3v) is 3.62. The van der Waals surface area contributed by atoms with Crippen molar-refractivity contribution in [3.8, 4) is 5.88 Å². The average molecular weight is 263 g/mol. The van der Waals surface area contributed by atoms with Gasteiger partial charge in [-0.3, -0.25) is 4.90 Å². The number of ether oxygens (including phenoxy) is 1. The Morgan fingerprint density at radius 1 is 1.26 bits per heavy atom. The summed E-state index contributed by atoms with van der Waals surface area (Å²) in [5, 5.41) is 3.41. The van der Waals surface area contributed by atoms with Crippen molar-refractivity contribution >= 4 is 0 Å². The van der Waals surface area contributed by atoms with Crippen molar-refractivity contribution in [1.82, 2.24) is 15.2 Å². The van der Waals surface area contributed by atoms with Gasteiger partial charge >= 0.3 is 0 Å². The molecule has 1 fully saturated rings. The van der Waals surface area contributed by atoms with Gasteiger partial charge in [-0.25, -0.2) is 4.98 Å². The Bertz CT molecular complexity index is 391. The SMILES string of the molecule is COc1ccc([C@H](N2CCNCC2)C(C)(C)C)cn1. The molecule has 0 radical (unpaired) electrons. The van der Waals surface area contributed by atoms with E-state index in [1.54, 1.807) is 7.11 Å². The lowest BCUT2D eigenvalue weighted by Gasteiger charge is -2.42. The van der Waals surface area contributed by atoms with E-state index in [-0.39, 0.29) is 5.41 Å². The smallest absolute Gasteiger partial charge is 0.212 e. The van der Waals surface area contributed by atoms with E-state index in [1.807, 2.05) is 12.3 Å². The molecule has 2 heterocycles. The van der Waals surface area contributed by atoms with Crippen LogP contribution in [0, 0.1) is 5.41 Å². The number of hydrogen-bond acceptors (Lipinski definition) is 4. The molecular formula is C15H25N3O. The largest absolute Gasteiger partial charge is 0.481 e. The summed E-state index contributed by atoms with van der Waals surface area (Å²) in [6.07, 6.45) is 1.96. The van der Waals surface area contributed by atoms with E-state index < -0.39 is 0 Å². The van der Waals surface area contributed by atoms with Gasteiger partial charge in [0.15, 0.2) is 0 Å². The van der Waals surface area contributed by atoms with E-state index in [1.165, 1.54) is 5.56 Å². The molecule has 1 N–H and O–H groups in total. The second kappa shape index (κ2) is 5.88. The van der Waals surface area contributed by atoms with Crippen LogP contribution >= 0.6 is 0 Å². The van der Waals surface area contributed by atoms with E-state index in [9.17, 15) is 0 Å². The topological polar surface area (TPSA) is 37.4 Å². The molecule has 0 bridgehead atoms. The van der Waals surface area contributed by atoms with Crippen molar-refractivity contribution in [3.63, 3.8) is 0 Å². The molecule has 4 nitrogen and oxygen atoms in total. The molecule has 1 aliphatic rings. The van der Waals surface area contributed by atoms with Gasteiger partial charge in [-0.1, -0.05) is 26.8 Å². The molecule has 1 atom stereocenters. The van der Waals surface area contributed by atoms with Crippen LogP contribution in [0.1, 0.15) is 32.4 Å². The standard InChI is InChI=1S/C15H25N3O/c1-15(2,3)14(18-9-7-16-8-10-18)12-5-6-13(19-4)17-11-12/h5-6,11,14,16H,7-10H2,1-4H3/t14-/m0/s1. The van der Waals surface area contributed by atoms with Crippen molar-refractivity contribution in [2.75, 3.05) is 33.3 Å². The Balaban J connectivity index is 2.25. The van der Waals surface area contributed by atoms with Gasteiger partial charge in [0, 0.05) is 44.5 Å². The molecule has 1 aliphatic heterocycles. The highest BCUT2D eigenvalue weighted by Gasteiger charge is 2.32. The molecule has 4 heteroatoms. The predicted octanol–water partition coefficient (Wildman–Crippen LogP) is 2.08. The molecule has 0 unspecified atom stereocenters. The van der Waals surface area contributed by atoms with E-state index >= 15 is 0 Å². The minimum atomic E-state index is 0.188. The van der Waals surface area contributed by atoms with Crippen LogP contribution in [0.25, 0.3) is 0 Å². The first-order valence-corrected chi connectivity index (χ1v) is 6.97. The predicted molar refractivity (Wildman–Crippen MR) is 77.4 cm³/mol. The molecule has 1 aromatic rings. The minimum absolute atomic E-state index is 0.188. The molecule has 1 aromatic heterocycles. The number of nitrogens with zero attached hydrogens (tertiary/aromatic N) is 2. The maximum Gasteiger partial charge on any atom is 0.212 e. The van der Waals surface area contributed by atoms with Crippen LogP contribution in [0.4, 0.5) is 0 Å². The van der Waals surface area contributed by atoms with Crippen LogP contribution in [0.2, 0.25) is 0 Å².